The van der Waals surface area contributed by atoms with Crippen molar-refractivity contribution in [3.8, 4) is 0 Å². The van der Waals surface area contributed by atoms with E-state index in [-0.39, 0.29) is 10.6 Å². The molecule has 1 N–H and O–H groups in total. The van der Waals surface area contributed by atoms with Crippen molar-refractivity contribution < 1.29 is 4.92 Å². The lowest BCUT2D eigenvalue weighted by Crippen LogP contribution is -2.44. The fraction of sp³-hybridized carbons (Fsp3) is 0.600. The molecule has 1 aromatic carbocycles. The lowest BCUT2D eigenvalue weighted by Gasteiger charge is -2.31. The number of nitro groups is 1. The molecule has 0 saturated carbocycles. The molecule has 2 heterocycles. The molecule has 2 atom stereocenters. The van der Waals surface area contributed by atoms with Crippen molar-refractivity contribution in [3.05, 3.63) is 33.9 Å². The molecule has 5 heteroatoms. The summed E-state index contributed by atoms with van der Waals surface area (Å²) in [5.74, 6) is 0. The summed E-state index contributed by atoms with van der Waals surface area (Å²) in [7, 11) is 0. The van der Waals surface area contributed by atoms with Gasteiger partial charge in [0.25, 0.3) is 5.69 Å². The molecule has 20 heavy (non-hydrogen) atoms. The Labute approximate surface area is 119 Å². The number of anilines is 1. The molecule has 0 amide bonds. The predicted octanol–water partition coefficient (Wildman–Crippen LogP) is 2.62. The van der Waals surface area contributed by atoms with Crippen LogP contribution in [0.15, 0.2) is 18.2 Å². The first-order valence-corrected chi connectivity index (χ1v) is 7.42. The maximum Gasteiger partial charge on any atom is 0.292 e. The number of hydrogen-bond acceptors (Lipinski definition) is 4. The van der Waals surface area contributed by atoms with Gasteiger partial charge < -0.3 is 10.2 Å². The molecule has 0 spiro atoms. The van der Waals surface area contributed by atoms with Crippen LogP contribution in [-0.4, -0.2) is 30.1 Å². The SMILES string of the molecule is Cc1ccc(N2CCCC2C2CCCN2)c([N+](=O)[O-])c1. The molecule has 2 unspecified atom stereocenters. The van der Waals surface area contributed by atoms with Crippen LogP contribution >= 0.6 is 0 Å². The van der Waals surface area contributed by atoms with Crippen LogP contribution in [0.3, 0.4) is 0 Å². The summed E-state index contributed by atoms with van der Waals surface area (Å²) >= 11 is 0. The van der Waals surface area contributed by atoms with Crippen LogP contribution < -0.4 is 10.2 Å². The molecule has 0 aromatic heterocycles. The molecule has 108 valence electrons. The predicted molar refractivity (Wildman–Crippen MR) is 79.2 cm³/mol. The first-order chi connectivity index (χ1) is 9.66. The second-order valence-corrected chi connectivity index (χ2v) is 5.86. The van der Waals surface area contributed by atoms with Gasteiger partial charge in [0, 0.05) is 24.7 Å². The van der Waals surface area contributed by atoms with E-state index in [1.807, 2.05) is 19.1 Å². The topological polar surface area (TPSA) is 58.4 Å². The number of rotatable bonds is 3. The number of hydrogen-bond donors (Lipinski definition) is 1. The van der Waals surface area contributed by atoms with E-state index in [0.717, 1.165) is 37.2 Å². The summed E-state index contributed by atoms with van der Waals surface area (Å²) in [4.78, 5) is 13.3. The molecule has 2 aliphatic rings. The Bertz CT molecular complexity index is 512. The van der Waals surface area contributed by atoms with Gasteiger partial charge in [0.05, 0.1) is 4.92 Å². The van der Waals surface area contributed by atoms with Gasteiger partial charge in [-0.3, -0.25) is 10.1 Å². The smallest absolute Gasteiger partial charge is 0.292 e. The van der Waals surface area contributed by atoms with E-state index in [4.69, 9.17) is 0 Å². The molecule has 2 aliphatic heterocycles. The lowest BCUT2D eigenvalue weighted by molar-refractivity contribution is -0.384. The summed E-state index contributed by atoms with van der Waals surface area (Å²) in [6, 6.07) is 6.46. The van der Waals surface area contributed by atoms with Crippen molar-refractivity contribution in [1.82, 2.24) is 5.32 Å². The fourth-order valence-electron chi connectivity index (χ4n) is 3.57. The van der Waals surface area contributed by atoms with E-state index in [2.05, 4.69) is 10.2 Å². The van der Waals surface area contributed by atoms with Gasteiger partial charge in [0.1, 0.15) is 5.69 Å². The van der Waals surface area contributed by atoms with Crippen LogP contribution in [0, 0.1) is 17.0 Å². The van der Waals surface area contributed by atoms with E-state index in [0.29, 0.717) is 12.1 Å². The van der Waals surface area contributed by atoms with Crippen molar-refractivity contribution in [3.63, 3.8) is 0 Å². The van der Waals surface area contributed by atoms with Crippen molar-refractivity contribution in [2.24, 2.45) is 0 Å². The minimum atomic E-state index is -0.250. The van der Waals surface area contributed by atoms with E-state index in [1.54, 1.807) is 6.07 Å². The average Bonchev–Trinajstić information content (AvgIpc) is 3.09. The molecular formula is C15H21N3O2. The van der Waals surface area contributed by atoms with Gasteiger partial charge in [-0.2, -0.15) is 0 Å². The van der Waals surface area contributed by atoms with Crippen molar-refractivity contribution in [1.29, 1.82) is 0 Å². The van der Waals surface area contributed by atoms with E-state index >= 15 is 0 Å². The molecule has 2 saturated heterocycles. The maximum absolute atomic E-state index is 11.3. The second kappa shape index (κ2) is 5.40. The van der Waals surface area contributed by atoms with Crippen LogP contribution in [0.4, 0.5) is 11.4 Å². The highest BCUT2D eigenvalue weighted by Gasteiger charge is 2.35. The molecule has 2 fully saturated rings. The largest absolute Gasteiger partial charge is 0.361 e. The van der Waals surface area contributed by atoms with Gasteiger partial charge in [0.2, 0.25) is 0 Å². The average molecular weight is 275 g/mol. The van der Waals surface area contributed by atoms with Gasteiger partial charge in [-0.15, -0.1) is 0 Å². The first kappa shape index (κ1) is 13.4. The van der Waals surface area contributed by atoms with E-state index in [1.165, 1.54) is 12.8 Å². The number of aryl methyl sites for hydroxylation is 1. The zero-order valence-corrected chi connectivity index (χ0v) is 11.8. The van der Waals surface area contributed by atoms with Crippen molar-refractivity contribution in [2.45, 2.75) is 44.7 Å². The Balaban J connectivity index is 1.92. The number of nitrogens with zero attached hydrogens (tertiary/aromatic N) is 2. The molecular weight excluding hydrogens is 254 g/mol. The molecule has 0 aliphatic carbocycles. The van der Waals surface area contributed by atoms with Gasteiger partial charge in [0.15, 0.2) is 0 Å². The van der Waals surface area contributed by atoms with Crippen LogP contribution in [0.1, 0.15) is 31.2 Å². The summed E-state index contributed by atoms with van der Waals surface area (Å²) in [5.41, 5.74) is 1.97. The molecule has 1 aromatic rings. The van der Waals surface area contributed by atoms with Gasteiger partial charge in [-0.25, -0.2) is 0 Å². The van der Waals surface area contributed by atoms with Gasteiger partial charge in [-0.05, 0) is 50.8 Å². The summed E-state index contributed by atoms with van der Waals surface area (Å²) in [6.07, 6.45) is 4.64. The van der Waals surface area contributed by atoms with Crippen LogP contribution in [-0.2, 0) is 0 Å². The van der Waals surface area contributed by atoms with Crippen molar-refractivity contribution in [2.75, 3.05) is 18.0 Å². The Morgan fingerprint density at radius 3 is 2.90 bits per heavy atom. The van der Waals surface area contributed by atoms with Crippen LogP contribution in [0.25, 0.3) is 0 Å². The number of benzene rings is 1. The number of nitro benzene ring substituents is 1. The highest BCUT2D eigenvalue weighted by molar-refractivity contribution is 5.65. The maximum atomic E-state index is 11.3. The van der Waals surface area contributed by atoms with Crippen molar-refractivity contribution >= 4 is 11.4 Å². The third-order valence-corrected chi connectivity index (χ3v) is 4.50. The van der Waals surface area contributed by atoms with Gasteiger partial charge >= 0.3 is 0 Å². The quantitative estimate of drug-likeness (QED) is 0.680. The van der Waals surface area contributed by atoms with Gasteiger partial charge in [-0.1, -0.05) is 6.07 Å². The third-order valence-electron chi connectivity index (χ3n) is 4.50. The fourth-order valence-corrected chi connectivity index (χ4v) is 3.57. The standard InChI is InChI=1S/C15H21N3O2/c1-11-6-7-14(15(10-11)18(19)20)17-9-3-5-13(17)12-4-2-8-16-12/h6-7,10,12-13,16H,2-5,8-9H2,1H3. The Morgan fingerprint density at radius 1 is 1.35 bits per heavy atom. The molecule has 3 rings (SSSR count). The first-order valence-electron chi connectivity index (χ1n) is 7.42. The Morgan fingerprint density at radius 2 is 2.20 bits per heavy atom. The minimum Gasteiger partial charge on any atom is -0.361 e. The number of nitrogens with one attached hydrogen (secondary N) is 1. The highest BCUT2D eigenvalue weighted by Crippen LogP contribution is 2.36. The monoisotopic (exact) mass is 275 g/mol. The van der Waals surface area contributed by atoms with Crippen LogP contribution in [0.2, 0.25) is 0 Å². The summed E-state index contributed by atoms with van der Waals surface area (Å²) in [5, 5.41) is 14.9. The summed E-state index contributed by atoms with van der Waals surface area (Å²) in [6.45, 7) is 3.90. The second-order valence-electron chi connectivity index (χ2n) is 5.86. The molecule has 0 radical (unpaired) electrons. The Hall–Kier alpha value is -1.62. The zero-order chi connectivity index (χ0) is 14.1. The molecule has 5 nitrogen and oxygen atoms in total. The van der Waals surface area contributed by atoms with Crippen LogP contribution in [0.5, 0.6) is 0 Å². The zero-order valence-electron chi connectivity index (χ0n) is 11.8. The minimum absolute atomic E-state index is 0.245. The molecule has 0 bridgehead atoms. The Kier molecular flexibility index (Phi) is 3.61. The summed E-state index contributed by atoms with van der Waals surface area (Å²) < 4.78 is 0. The normalized spacial score (nSPS) is 26.1. The van der Waals surface area contributed by atoms with E-state index in [9.17, 15) is 10.1 Å². The van der Waals surface area contributed by atoms with E-state index < -0.39 is 0 Å². The third kappa shape index (κ3) is 2.38. The highest BCUT2D eigenvalue weighted by atomic mass is 16.6. The lowest BCUT2D eigenvalue weighted by atomic mass is 10.0.